The lowest BCUT2D eigenvalue weighted by atomic mass is 10.1. The lowest BCUT2D eigenvalue weighted by molar-refractivity contribution is 0.102. The van der Waals surface area contributed by atoms with Crippen LogP contribution in [0, 0.1) is 0 Å². The number of aromatic amines is 1. The Kier molecular flexibility index (Phi) is 6.48. The number of nitrogens with one attached hydrogen (secondary N) is 1. The minimum Gasteiger partial charge on any atom is -0.493 e. The summed E-state index contributed by atoms with van der Waals surface area (Å²) in [4.78, 5) is 24.1. The summed E-state index contributed by atoms with van der Waals surface area (Å²) >= 11 is 1.24. The molecule has 1 aromatic carbocycles. The molecule has 1 heterocycles. The van der Waals surface area contributed by atoms with E-state index in [2.05, 4.69) is 17.1 Å². The zero-order chi connectivity index (χ0) is 17.5. The molecular formula is C16H21N3O4S. The van der Waals surface area contributed by atoms with Gasteiger partial charge in [-0.25, -0.2) is 9.89 Å². The predicted octanol–water partition coefficient (Wildman–Crippen LogP) is 2.36. The molecule has 0 saturated heterocycles. The summed E-state index contributed by atoms with van der Waals surface area (Å²) < 4.78 is 11.9. The molecule has 0 fully saturated rings. The monoisotopic (exact) mass is 351 g/mol. The van der Waals surface area contributed by atoms with Crippen LogP contribution in [0.15, 0.2) is 28.2 Å². The van der Waals surface area contributed by atoms with Crippen molar-refractivity contribution in [1.82, 2.24) is 14.8 Å². The topological polar surface area (TPSA) is 86.2 Å². The van der Waals surface area contributed by atoms with Crippen molar-refractivity contribution in [1.29, 1.82) is 0 Å². The van der Waals surface area contributed by atoms with Gasteiger partial charge in [0.2, 0.25) is 0 Å². The van der Waals surface area contributed by atoms with Gasteiger partial charge in [-0.05, 0) is 24.6 Å². The Hall–Kier alpha value is -2.22. The number of rotatable bonds is 9. The molecule has 130 valence electrons. The van der Waals surface area contributed by atoms with Crippen LogP contribution in [-0.4, -0.2) is 40.5 Å². The van der Waals surface area contributed by atoms with E-state index in [9.17, 15) is 9.59 Å². The van der Waals surface area contributed by atoms with Crippen LogP contribution in [0.3, 0.4) is 0 Å². The Labute approximate surface area is 144 Å². The molecule has 24 heavy (non-hydrogen) atoms. The number of methoxy groups -OCH3 is 2. The molecule has 0 amide bonds. The van der Waals surface area contributed by atoms with E-state index in [1.54, 1.807) is 29.9 Å². The first kappa shape index (κ1) is 18.1. The minimum atomic E-state index is -0.246. The molecule has 2 aromatic rings. The van der Waals surface area contributed by atoms with Gasteiger partial charge in [0.05, 0.1) is 20.0 Å². The Morgan fingerprint density at radius 1 is 1.29 bits per heavy atom. The van der Waals surface area contributed by atoms with Crippen LogP contribution in [0.4, 0.5) is 0 Å². The number of hydrogen-bond donors (Lipinski definition) is 1. The van der Waals surface area contributed by atoms with Crippen molar-refractivity contribution in [2.75, 3.05) is 20.0 Å². The van der Waals surface area contributed by atoms with E-state index in [4.69, 9.17) is 9.47 Å². The molecule has 7 nitrogen and oxygen atoms in total. The first-order valence-corrected chi connectivity index (χ1v) is 8.62. The van der Waals surface area contributed by atoms with E-state index in [-0.39, 0.29) is 17.2 Å². The highest BCUT2D eigenvalue weighted by Gasteiger charge is 2.14. The van der Waals surface area contributed by atoms with Gasteiger partial charge in [-0.2, -0.15) is 0 Å². The molecule has 1 aromatic heterocycles. The molecule has 0 aliphatic carbocycles. The van der Waals surface area contributed by atoms with Gasteiger partial charge >= 0.3 is 5.69 Å². The molecule has 0 bridgehead atoms. The summed E-state index contributed by atoms with van der Waals surface area (Å²) in [5.41, 5.74) is 0.280. The van der Waals surface area contributed by atoms with Crippen LogP contribution in [0.25, 0.3) is 0 Å². The van der Waals surface area contributed by atoms with Crippen molar-refractivity contribution in [3.05, 3.63) is 34.2 Å². The summed E-state index contributed by atoms with van der Waals surface area (Å²) in [6, 6.07) is 5.04. The fraction of sp³-hybridized carbons (Fsp3) is 0.438. The lowest BCUT2D eigenvalue weighted by Gasteiger charge is -2.09. The third kappa shape index (κ3) is 4.19. The summed E-state index contributed by atoms with van der Waals surface area (Å²) in [5.74, 6) is 1.19. The second kappa shape index (κ2) is 8.58. The quantitative estimate of drug-likeness (QED) is 0.551. The van der Waals surface area contributed by atoms with E-state index >= 15 is 0 Å². The van der Waals surface area contributed by atoms with Gasteiger partial charge in [0.15, 0.2) is 22.4 Å². The number of unbranched alkanes of at least 4 members (excludes halogenated alkanes) is 1. The first-order chi connectivity index (χ1) is 11.6. The van der Waals surface area contributed by atoms with Crippen LogP contribution in [0.1, 0.15) is 30.1 Å². The van der Waals surface area contributed by atoms with E-state index in [0.717, 1.165) is 12.8 Å². The van der Waals surface area contributed by atoms with Gasteiger partial charge in [0.25, 0.3) is 0 Å². The normalized spacial score (nSPS) is 10.6. The van der Waals surface area contributed by atoms with Gasteiger partial charge in [0, 0.05) is 12.1 Å². The molecule has 0 aliphatic rings. The van der Waals surface area contributed by atoms with E-state index in [0.29, 0.717) is 28.8 Å². The number of aromatic nitrogens is 3. The highest BCUT2D eigenvalue weighted by atomic mass is 32.2. The van der Waals surface area contributed by atoms with Gasteiger partial charge in [-0.15, -0.1) is 5.10 Å². The Morgan fingerprint density at radius 3 is 2.71 bits per heavy atom. The molecule has 2 rings (SSSR count). The standard InChI is InChI=1S/C16H21N3O4S/c1-4-5-8-19-15(21)17-18-16(19)24-10-12(20)11-6-7-13(22-2)14(9-11)23-3/h6-7,9H,4-5,8,10H2,1-3H3,(H,17,21). The van der Waals surface area contributed by atoms with Crippen molar-refractivity contribution >= 4 is 17.5 Å². The third-order valence-electron chi connectivity index (χ3n) is 3.50. The average Bonchev–Trinajstić information content (AvgIpc) is 2.96. The number of ether oxygens (including phenoxy) is 2. The van der Waals surface area contributed by atoms with Crippen molar-refractivity contribution < 1.29 is 14.3 Å². The summed E-state index contributed by atoms with van der Waals surface area (Å²) in [5, 5.41) is 6.95. The number of carbonyl (C=O) groups excluding carboxylic acids is 1. The maximum Gasteiger partial charge on any atom is 0.343 e. The molecule has 0 aliphatic heterocycles. The van der Waals surface area contributed by atoms with Crippen molar-refractivity contribution in [2.24, 2.45) is 0 Å². The Morgan fingerprint density at radius 2 is 2.04 bits per heavy atom. The van der Waals surface area contributed by atoms with E-state index in [1.807, 2.05) is 0 Å². The number of Topliss-reactive ketones (excluding diaryl/α,β-unsaturated/α-hetero) is 1. The fourth-order valence-corrected chi connectivity index (χ4v) is 3.02. The fourth-order valence-electron chi connectivity index (χ4n) is 2.15. The number of benzene rings is 1. The van der Waals surface area contributed by atoms with E-state index in [1.165, 1.54) is 18.9 Å². The zero-order valence-corrected chi connectivity index (χ0v) is 14.8. The minimum absolute atomic E-state index is 0.0709. The molecule has 0 radical (unpaired) electrons. The number of thioether (sulfide) groups is 1. The predicted molar refractivity (Wildman–Crippen MR) is 92.4 cm³/mol. The zero-order valence-electron chi connectivity index (χ0n) is 14.0. The Balaban J connectivity index is 2.07. The highest BCUT2D eigenvalue weighted by Crippen LogP contribution is 2.28. The first-order valence-electron chi connectivity index (χ1n) is 7.64. The van der Waals surface area contributed by atoms with Crippen LogP contribution in [0.2, 0.25) is 0 Å². The summed E-state index contributed by atoms with van der Waals surface area (Å²) in [6.45, 7) is 2.65. The highest BCUT2D eigenvalue weighted by molar-refractivity contribution is 7.99. The Bertz CT molecular complexity index is 754. The number of carbonyl (C=O) groups is 1. The van der Waals surface area contributed by atoms with Gasteiger partial charge in [-0.3, -0.25) is 9.36 Å². The molecule has 0 atom stereocenters. The van der Waals surface area contributed by atoms with Crippen LogP contribution >= 0.6 is 11.8 Å². The number of nitrogens with zero attached hydrogens (tertiary/aromatic N) is 2. The van der Waals surface area contributed by atoms with Gasteiger partial charge < -0.3 is 9.47 Å². The molecule has 8 heteroatoms. The van der Waals surface area contributed by atoms with Crippen LogP contribution < -0.4 is 15.2 Å². The van der Waals surface area contributed by atoms with Crippen molar-refractivity contribution in [2.45, 2.75) is 31.5 Å². The largest absolute Gasteiger partial charge is 0.493 e. The van der Waals surface area contributed by atoms with Crippen LogP contribution in [0.5, 0.6) is 11.5 Å². The van der Waals surface area contributed by atoms with Crippen LogP contribution in [-0.2, 0) is 6.54 Å². The molecule has 0 spiro atoms. The lowest BCUT2D eigenvalue weighted by Crippen LogP contribution is -2.18. The second-order valence-corrected chi connectivity index (χ2v) is 6.04. The summed E-state index contributed by atoms with van der Waals surface area (Å²) in [7, 11) is 3.07. The average molecular weight is 351 g/mol. The van der Waals surface area contributed by atoms with E-state index < -0.39 is 0 Å². The van der Waals surface area contributed by atoms with Gasteiger partial charge in [-0.1, -0.05) is 25.1 Å². The van der Waals surface area contributed by atoms with Crippen molar-refractivity contribution in [3.8, 4) is 11.5 Å². The molecule has 0 saturated carbocycles. The number of H-pyrrole nitrogens is 1. The summed E-state index contributed by atoms with van der Waals surface area (Å²) in [6.07, 6.45) is 1.86. The number of ketones is 1. The third-order valence-corrected chi connectivity index (χ3v) is 4.47. The number of hydrogen-bond acceptors (Lipinski definition) is 6. The SMILES string of the molecule is CCCCn1c(SCC(=O)c2ccc(OC)c(OC)c2)n[nH]c1=O. The smallest absolute Gasteiger partial charge is 0.343 e. The maximum absolute atomic E-state index is 12.4. The molecular weight excluding hydrogens is 330 g/mol. The van der Waals surface area contributed by atoms with Crippen molar-refractivity contribution in [3.63, 3.8) is 0 Å². The molecule has 1 N–H and O–H groups in total. The molecule has 0 unspecified atom stereocenters. The van der Waals surface area contributed by atoms with Gasteiger partial charge in [0.1, 0.15) is 0 Å². The maximum atomic E-state index is 12.4. The second-order valence-electron chi connectivity index (χ2n) is 5.10.